The van der Waals surface area contributed by atoms with Crippen molar-refractivity contribution in [3.63, 3.8) is 0 Å². The van der Waals surface area contributed by atoms with Crippen LogP contribution in [0.5, 0.6) is 0 Å². The van der Waals surface area contributed by atoms with Crippen molar-refractivity contribution in [3.05, 3.63) is 125 Å². The second-order valence-corrected chi connectivity index (χ2v) is 7.02. The van der Waals surface area contributed by atoms with Gasteiger partial charge in [0.15, 0.2) is 0 Å². The third-order valence-electron chi connectivity index (χ3n) is 5.33. The molecule has 0 aliphatic heterocycles. The van der Waals surface area contributed by atoms with Crippen LogP contribution in [-0.4, -0.2) is 4.98 Å². The molecular formula is C24H16ClN. The van der Waals surface area contributed by atoms with E-state index in [2.05, 4.69) is 83.8 Å². The molecule has 0 amide bonds. The second kappa shape index (κ2) is 5.82. The number of nitrogens with zero attached hydrogens (tertiary/aromatic N) is 1. The highest BCUT2D eigenvalue weighted by Crippen LogP contribution is 2.56. The van der Waals surface area contributed by atoms with Crippen molar-refractivity contribution in [3.8, 4) is 11.1 Å². The van der Waals surface area contributed by atoms with Crippen LogP contribution in [0.1, 0.15) is 22.3 Å². The van der Waals surface area contributed by atoms with Crippen molar-refractivity contribution in [1.29, 1.82) is 0 Å². The molecule has 5 rings (SSSR count). The van der Waals surface area contributed by atoms with Crippen molar-refractivity contribution in [2.75, 3.05) is 0 Å². The van der Waals surface area contributed by atoms with Gasteiger partial charge in [-0.3, -0.25) is 4.98 Å². The third-order valence-corrected chi connectivity index (χ3v) is 5.56. The van der Waals surface area contributed by atoms with Crippen LogP contribution in [-0.2, 0) is 5.41 Å². The summed E-state index contributed by atoms with van der Waals surface area (Å²) in [5.41, 5.74) is 7.10. The molecule has 0 saturated carbocycles. The Morgan fingerprint density at radius 2 is 1.27 bits per heavy atom. The molecule has 0 spiro atoms. The molecule has 1 aliphatic carbocycles. The van der Waals surface area contributed by atoms with E-state index in [1.807, 2.05) is 18.5 Å². The Morgan fingerprint density at radius 1 is 0.615 bits per heavy atom. The lowest BCUT2D eigenvalue weighted by molar-refractivity contribution is 0.766. The van der Waals surface area contributed by atoms with E-state index in [1.54, 1.807) is 0 Å². The molecule has 3 aromatic carbocycles. The van der Waals surface area contributed by atoms with Gasteiger partial charge in [0.2, 0.25) is 0 Å². The molecule has 0 fully saturated rings. The number of fused-ring (bicyclic) bond motifs is 3. The molecule has 1 aromatic heterocycles. The maximum absolute atomic E-state index is 6.37. The normalized spacial score (nSPS) is 17.6. The van der Waals surface area contributed by atoms with Gasteiger partial charge in [-0.1, -0.05) is 72.3 Å². The Morgan fingerprint density at radius 3 is 2.08 bits per heavy atom. The van der Waals surface area contributed by atoms with E-state index >= 15 is 0 Å². The third kappa shape index (κ3) is 2.01. The monoisotopic (exact) mass is 353 g/mol. The van der Waals surface area contributed by atoms with E-state index in [4.69, 9.17) is 11.6 Å². The van der Waals surface area contributed by atoms with Crippen LogP contribution in [0.3, 0.4) is 0 Å². The fraction of sp³-hybridized carbons (Fsp3) is 0.0417. The average molecular weight is 354 g/mol. The van der Waals surface area contributed by atoms with Gasteiger partial charge in [0.1, 0.15) is 0 Å². The zero-order valence-corrected chi connectivity index (χ0v) is 14.8. The van der Waals surface area contributed by atoms with Gasteiger partial charge in [-0.2, -0.15) is 0 Å². The minimum Gasteiger partial charge on any atom is -0.265 e. The first-order chi connectivity index (χ1) is 12.8. The van der Waals surface area contributed by atoms with Crippen LogP contribution in [0.2, 0.25) is 5.02 Å². The zero-order valence-electron chi connectivity index (χ0n) is 14.1. The molecular weight excluding hydrogens is 338 g/mol. The molecule has 0 saturated heterocycles. The summed E-state index contributed by atoms with van der Waals surface area (Å²) in [4.78, 5) is 4.25. The lowest BCUT2D eigenvalue weighted by Gasteiger charge is -2.33. The molecule has 1 heterocycles. The predicted molar refractivity (Wildman–Crippen MR) is 107 cm³/mol. The van der Waals surface area contributed by atoms with Crippen molar-refractivity contribution < 1.29 is 0 Å². The lowest BCUT2D eigenvalue weighted by atomic mass is 9.68. The largest absolute Gasteiger partial charge is 0.265 e. The van der Waals surface area contributed by atoms with E-state index in [1.165, 1.54) is 33.4 Å². The molecule has 2 heteroatoms. The van der Waals surface area contributed by atoms with Crippen LogP contribution >= 0.6 is 11.6 Å². The van der Waals surface area contributed by atoms with Gasteiger partial charge in [0.25, 0.3) is 0 Å². The summed E-state index contributed by atoms with van der Waals surface area (Å²) in [5, 5.41) is 0.761. The Labute approximate surface area is 157 Å². The predicted octanol–water partition coefficient (Wildman–Crippen LogP) is 6.10. The van der Waals surface area contributed by atoms with Gasteiger partial charge in [0.05, 0.1) is 5.41 Å². The van der Waals surface area contributed by atoms with Crippen LogP contribution < -0.4 is 0 Å². The fourth-order valence-electron chi connectivity index (χ4n) is 4.34. The van der Waals surface area contributed by atoms with Gasteiger partial charge in [-0.05, 0) is 57.6 Å². The fourth-order valence-corrected chi connectivity index (χ4v) is 4.51. The second-order valence-electron chi connectivity index (χ2n) is 6.59. The van der Waals surface area contributed by atoms with Crippen molar-refractivity contribution in [1.82, 2.24) is 4.98 Å². The Balaban J connectivity index is 1.98. The van der Waals surface area contributed by atoms with Crippen molar-refractivity contribution in [2.45, 2.75) is 5.41 Å². The van der Waals surface area contributed by atoms with E-state index in [-0.39, 0.29) is 5.41 Å². The van der Waals surface area contributed by atoms with Crippen LogP contribution in [0.4, 0.5) is 0 Å². The van der Waals surface area contributed by atoms with Crippen LogP contribution in [0, 0.1) is 0 Å². The van der Waals surface area contributed by atoms with Crippen LogP contribution in [0.25, 0.3) is 11.1 Å². The maximum Gasteiger partial charge on any atom is 0.0714 e. The quantitative estimate of drug-likeness (QED) is 0.373. The highest BCUT2D eigenvalue weighted by atomic mass is 35.5. The van der Waals surface area contributed by atoms with Gasteiger partial charge >= 0.3 is 0 Å². The van der Waals surface area contributed by atoms with Crippen molar-refractivity contribution in [2.24, 2.45) is 0 Å². The Kier molecular flexibility index (Phi) is 3.44. The topological polar surface area (TPSA) is 12.9 Å². The van der Waals surface area contributed by atoms with Gasteiger partial charge in [-0.15, -0.1) is 0 Å². The first-order valence-electron chi connectivity index (χ1n) is 8.68. The summed E-state index contributed by atoms with van der Waals surface area (Å²) in [6.07, 6.45) is 3.74. The molecule has 4 aromatic rings. The maximum atomic E-state index is 6.37. The summed E-state index contributed by atoms with van der Waals surface area (Å²) in [7, 11) is 0. The highest BCUT2D eigenvalue weighted by Gasteiger charge is 2.45. The molecule has 1 atom stereocenters. The summed E-state index contributed by atoms with van der Waals surface area (Å²) >= 11 is 6.37. The molecule has 1 unspecified atom stereocenters. The van der Waals surface area contributed by atoms with E-state index in [0.717, 1.165) is 5.02 Å². The number of aromatic nitrogens is 1. The zero-order chi connectivity index (χ0) is 17.6. The minimum atomic E-state index is -0.360. The molecule has 124 valence electrons. The molecule has 1 nitrogen and oxygen atoms in total. The SMILES string of the molecule is Clc1ccc2c(c1)-c1ccccc1C2(c1ccccc1)c1ccncc1. The van der Waals surface area contributed by atoms with E-state index < -0.39 is 0 Å². The summed E-state index contributed by atoms with van der Waals surface area (Å²) in [5.74, 6) is 0. The molecule has 0 N–H and O–H groups in total. The Bertz CT molecular complexity index is 1050. The minimum absolute atomic E-state index is 0.360. The van der Waals surface area contributed by atoms with E-state index in [0.29, 0.717) is 0 Å². The van der Waals surface area contributed by atoms with Crippen LogP contribution in [0.15, 0.2) is 97.3 Å². The summed E-state index contributed by atoms with van der Waals surface area (Å²) < 4.78 is 0. The van der Waals surface area contributed by atoms with Crippen molar-refractivity contribution >= 4 is 11.6 Å². The summed E-state index contributed by atoms with van der Waals surface area (Å²) in [6.45, 7) is 0. The highest BCUT2D eigenvalue weighted by molar-refractivity contribution is 6.31. The average Bonchev–Trinajstić information content (AvgIpc) is 3.00. The lowest BCUT2D eigenvalue weighted by Crippen LogP contribution is -2.28. The summed E-state index contributed by atoms with van der Waals surface area (Å²) in [6, 6.07) is 29.8. The Hall–Kier alpha value is -2.90. The van der Waals surface area contributed by atoms with Gasteiger partial charge in [0, 0.05) is 17.4 Å². The molecule has 1 aliphatic rings. The number of halogens is 1. The number of hydrogen-bond donors (Lipinski definition) is 0. The standard InChI is InChI=1S/C24H16ClN/c25-19-10-11-23-21(16-19)20-8-4-5-9-22(20)24(23,17-6-2-1-3-7-17)18-12-14-26-15-13-18/h1-16H. The number of rotatable bonds is 2. The van der Waals surface area contributed by atoms with E-state index in [9.17, 15) is 0 Å². The molecule has 0 radical (unpaired) electrons. The van der Waals surface area contributed by atoms with Gasteiger partial charge < -0.3 is 0 Å². The molecule has 26 heavy (non-hydrogen) atoms. The number of hydrogen-bond acceptors (Lipinski definition) is 1. The number of pyridine rings is 1. The molecule has 0 bridgehead atoms. The first-order valence-corrected chi connectivity index (χ1v) is 9.05. The van der Waals surface area contributed by atoms with Gasteiger partial charge in [-0.25, -0.2) is 0 Å². The first kappa shape index (κ1) is 15.4. The number of benzene rings is 3. The smallest absolute Gasteiger partial charge is 0.0714 e.